The van der Waals surface area contributed by atoms with Gasteiger partial charge in [0.1, 0.15) is 5.82 Å². The molecular formula is C23H19FN2O2S. The van der Waals surface area contributed by atoms with Crippen molar-refractivity contribution in [2.24, 2.45) is 0 Å². The molecule has 0 bridgehead atoms. The number of benzene rings is 3. The molecule has 3 amide bonds. The summed E-state index contributed by atoms with van der Waals surface area (Å²) in [6.45, 7) is 0.258. The van der Waals surface area contributed by atoms with Crippen molar-refractivity contribution in [3.05, 3.63) is 102 Å². The smallest absolute Gasteiger partial charge is 0.315 e. The average molecular weight is 406 g/mol. The van der Waals surface area contributed by atoms with Gasteiger partial charge >= 0.3 is 6.03 Å². The number of urea groups is 1. The van der Waals surface area contributed by atoms with Crippen LogP contribution < -0.4 is 5.32 Å². The summed E-state index contributed by atoms with van der Waals surface area (Å²) >= 11 is 1.47. The Hall–Kier alpha value is -3.12. The molecule has 0 aliphatic carbocycles. The Morgan fingerprint density at radius 1 is 0.828 bits per heavy atom. The van der Waals surface area contributed by atoms with Gasteiger partial charge in [-0.1, -0.05) is 60.7 Å². The van der Waals surface area contributed by atoms with Crippen LogP contribution in [0.2, 0.25) is 0 Å². The Morgan fingerprint density at radius 2 is 1.38 bits per heavy atom. The van der Waals surface area contributed by atoms with E-state index in [2.05, 4.69) is 5.32 Å². The SMILES string of the molecule is O=C1NC(c2ccccc2)(c2ccccc2)C(=O)N1CCSc1ccc(F)cc1. The van der Waals surface area contributed by atoms with Crippen molar-refractivity contribution < 1.29 is 14.0 Å². The van der Waals surface area contributed by atoms with Crippen LogP contribution in [0.3, 0.4) is 0 Å². The number of carbonyl (C=O) groups is 2. The highest BCUT2D eigenvalue weighted by molar-refractivity contribution is 7.99. The second-order valence-electron chi connectivity index (χ2n) is 6.67. The van der Waals surface area contributed by atoms with Crippen molar-refractivity contribution in [3.63, 3.8) is 0 Å². The molecule has 0 spiro atoms. The minimum atomic E-state index is -1.24. The lowest BCUT2D eigenvalue weighted by atomic mass is 9.82. The molecule has 6 heteroatoms. The lowest BCUT2D eigenvalue weighted by molar-refractivity contribution is -0.130. The van der Waals surface area contributed by atoms with Crippen LogP contribution in [0.15, 0.2) is 89.8 Å². The summed E-state index contributed by atoms with van der Waals surface area (Å²) in [7, 11) is 0. The molecule has 146 valence electrons. The molecule has 4 rings (SSSR count). The average Bonchev–Trinajstić information content (AvgIpc) is 3.02. The predicted molar refractivity (Wildman–Crippen MR) is 111 cm³/mol. The van der Waals surface area contributed by atoms with Crippen molar-refractivity contribution >= 4 is 23.7 Å². The van der Waals surface area contributed by atoms with Crippen LogP contribution in [0.1, 0.15) is 11.1 Å². The van der Waals surface area contributed by atoms with E-state index >= 15 is 0 Å². The summed E-state index contributed by atoms with van der Waals surface area (Å²) in [6, 6.07) is 24.3. The van der Waals surface area contributed by atoms with Crippen LogP contribution in [0.5, 0.6) is 0 Å². The second-order valence-corrected chi connectivity index (χ2v) is 7.84. The maximum atomic E-state index is 13.5. The van der Waals surface area contributed by atoms with Gasteiger partial charge in [-0.3, -0.25) is 9.69 Å². The van der Waals surface area contributed by atoms with Crippen LogP contribution in [-0.4, -0.2) is 29.1 Å². The first kappa shape index (κ1) is 19.2. The van der Waals surface area contributed by atoms with Gasteiger partial charge in [0.15, 0.2) is 5.54 Å². The number of hydrogen-bond acceptors (Lipinski definition) is 3. The first-order valence-electron chi connectivity index (χ1n) is 9.25. The Labute approximate surface area is 172 Å². The third-order valence-corrected chi connectivity index (χ3v) is 5.91. The molecule has 0 radical (unpaired) electrons. The molecule has 0 atom stereocenters. The van der Waals surface area contributed by atoms with E-state index in [9.17, 15) is 14.0 Å². The first-order valence-corrected chi connectivity index (χ1v) is 10.2. The predicted octanol–water partition coefficient (Wildman–Crippen LogP) is 4.41. The monoisotopic (exact) mass is 406 g/mol. The van der Waals surface area contributed by atoms with Gasteiger partial charge in [0.2, 0.25) is 0 Å². The molecule has 3 aromatic rings. The van der Waals surface area contributed by atoms with Gasteiger partial charge in [-0.25, -0.2) is 9.18 Å². The van der Waals surface area contributed by atoms with Gasteiger partial charge in [-0.2, -0.15) is 0 Å². The van der Waals surface area contributed by atoms with Crippen molar-refractivity contribution in [2.75, 3.05) is 12.3 Å². The number of nitrogens with zero attached hydrogens (tertiary/aromatic N) is 1. The van der Waals surface area contributed by atoms with Gasteiger partial charge in [0.25, 0.3) is 5.91 Å². The molecule has 4 nitrogen and oxygen atoms in total. The molecule has 0 unspecified atom stereocenters. The molecule has 1 heterocycles. The van der Waals surface area contributed by atoms with E-state index in [-0.39, 0.29) is 18.3 Å². The number of imide groups is 1. The first-order chi connectivity index (χ1) is 14.1. The normalized spacial score (nSPS) is 15.4. The third kappa shape index (κ3) is 3.63. The van der Waals surface area contributed by atoms with E-state index in [0.717, 1.165) is 16.0 Å². The van der Waals surface area contributed by atoms with Gasteiger partial charge in [-0.15, -0.1) is 11.8 Å². The zero-order chi connectivity index (χ0) is 20.3. The van der Waals surface area contributed by atoms with E-state index < -0.39 is 11.6 Å². The molecule has 1 saturated heterocycles. The van der Waals surface area contributed by atoms with Crippen molar-refractivity contribution in [3.8, 4) is 0 Å². The van der Waals surface area contributed by atoms with Gasteiger partial charge < -0.3 is 5.32 Å². The molecule has 1 fully saturated rings. The van der Waals surface area contributed by atoms with Crippen LogP contribution in [-0.2, 0) is 10.3 Å². The molecule has 0 aromatic heterocycles. The van der Waals surface area contributed by atoms with Gasteiger partial charge in [0.05, 0.1) is 0 Å². The molecule has 29 heavy (non-hydrogen) atoms. The molecule has 3 aromatic carbocycles. The quantitative estimate of drug-likeness (QED) is 0.487. The number of hydrogen-bond donors (Lipinski definition) is 1. The fraction of sp³-hybridized carbons (Fsp3) is 0.130. The zero-order valence-electron chi connectivity index (χ0n) is 15.5. The largest absolute Gasteiger partial charge is 0.325 e. The Balaban J connectivity index is 1.59. The van der Waals surface area contributed by atoms with Crippen LogP contribution in [0, 0.1) is 5.82 Å². The number of carbonyl (C=O) groups excluding carboxylic acids is 2. The summed E-state index contributed by atoms with van der Waals surface area (Å²) in [6.07, 6.45) is 0. The maximum Gasteiger partial charge on any atom is 0.325 e. The standard InChI is InChI=1S/C23H19FN2O2S/c24-19-11-13-20(14-12-19)29-16-15-26-21(27)23(25-22(26)28,17-7-3-1-4-8-17)18-9-5-2-6-10-18/h1-14H,15-16H2,(H,25,28). The summed E-state index contributed by atoms with van der Waals surface area (Å²) in [5, 5.41) is 2.93. The highest BCUT2D eigenvalue weighted by Gasteiger charge is 2.53. The molecule has 1 aliphatic rings. The Morgan fingerprint density at radius 3 is 1.93 bits per heavy atom. The minimum Gasteiger partial charge on any atom is -0.315 e. The summed E-state index contributed by atoms with van der Waals surface area (Å²) in [5.41, 5.74) is 0.205. The van der Waals surface area contributed by atoms with Crippen molar-refractivity contribution in [1.82, 2.24) is 10.2 Å². The Bertz CT molecular complexity index is 971. The summed E-state index contributed by atoms with van der Waals surface area (Å²) in [5.74, 6) is -0.0664. The Kier molecular flexibility index (Phi) is 5.36. The topological polar surface area (TPSA) is 49.4 Å². The lowest BCUT2D eigenvalue weighted by Crippen LogP contribution is -2.45. The summed E-state index contributed by atoms with van der Waals surface area (Å²) in [4.78, 5) is 28.4. The molecule has 1 aliphatic heterocycles. The number of nitrogens with one attached hydrogen (secondary N) is 1. The fourth-order valence-electron chi connectivity index (χ4n) is 3.50. The zero-order valence-corrected chi connectivity index (χ0v) is 16.4. The van der Waals surface area contributed by atoms with Crippen molar-refractivity contribution in [1.29, 1.82) is 0 Å². The van der Waals surface area contributed by atoms with Crippen LogP contribution in [0.25, 0.3) is 0 Å². The second kappa shape index (κ2) is 8.09. The van der Waals surface area contributed by atoms with Crippen LogP contribution in [0.4, 0.5) is 9.18 Å². The fourth-order valence-corrected chi connectivity index (χ4v) is 4.34. The van der Waals surface area contributed by atoms with E-state index in [1.165, 1.54) is 28.8 Å². The molecular weight excluding hydrogens is 387 g/mol. The highest BCUT2D eigenvalue weighted by Crippen LogP contribution is 2.36. The minimum absolute atomic E-state index is 0.258. The number of halogens is 1. The summed E-state index contributed by atoms with van der Waals surface area (Å²) < 4.78 is 13.0. The molecule has 1 N–H and O–H groups in total. The number of thioether (sulfide) groups is 1. The lowest BCUT2D eigenvalue weighted by Gasteiger charge is -2.28. The van der Waals surface area contributed by atoms with E-state index in [0.29, 0.717) is 5.75 Å². The van der Waals surface area contributed by atoms with Gasteiger partial charge in [0, 0.05) is 17.2 Å². The van der Waals surface area contributed by atoms with Gasteiger partial charge in [-0.05, 0) is 35.4 Å². The third-order valence-electron chi connectivity index (χ3n) is 4.92. The van der Waals surface area contributed by atoms with Crippen LogP contribution >= 0.6 is 11.8 Å². The van der Waals surface area contributed by atoms with Crippen molar-refractivity contribution in [2.45, 2.75) is 10.4 Å². The van der Waals surface area contributed by atoms with E-state index in [1.54, 1.807) is 12.1 Å². The highest BCUT2D eigenvalue weighted by atomic mass is 32.2. The molecule has 0 saturated carbocycles. The number of amides is 3. The number of rotatable bonds is 6. The van der Waals surface area contributed by atoms with E-state index in [4.69, 9.17) is 0 Å². The maximum absolute atomic E-state index is 13.5. The van der Waals surface area contributed by atoms with E-state index in [1.807, 2.05) is 60.7 Å².